The standard InChI is InChI=1S/C15H25NO3/c1-5-8-18-13-7-6-12(10-16-4)14(9-13)19-11-15(2,3)17/h6-7,9,16-17H,5,8,10-11H2,1-4H3. The van der Waals surface area contributed by atoms with Gasteiger partial charge in [-0.05, 0) is 33.4 Å². The molecule has 19 heavy (non-hydrogen) atoms. The molecule has 0 aliphatic heterocycles. The lowest BCUT2D eigenvalue weighted by molar-refractivity contribution is 0.0280. The molecule has 0 amide bonds. The Hall–Kier alpha value is -1.26. The van der Waals surface area contributed by atoms with Crippen molar-refractivity contribution in [3.8, 4) is 11.5 Å². The number of rotatable bonds is 8. The minimum absolute atomic E-state index is 0.251. The average Bonchev–Trinajstić information content (AvgIpc) is 2.35. The van der Waals surface area contributed by atoms with E-state index in [1.807, 2.05) is 25.2 Å². The number of aliphatic hydroxyl groups is 1. The Morgan fingerprint density at radius 3 is 2.58 bits per heavy atom. The van der Waals surface area contributed by atoms with Crippen LogP contribution in [0.1, 0.15) is 32.8 Å². The SMILES string of the molecule is CCCOc1ccc(CNC)c(OCC(C)(C)O)c1. The van der Waals surface area contributed by atoms with Crippen LogP contribution in [0.3, 0.4) is 0 Å². The molecule has 0 bridgehead atoms. The van der Waals surface area contributed by atoms with E-state index in [9.17, 15) is 5.11 Å². The maximum atomic E-state index is 9.74. The van der Waals surface area contributed by atoms with Gasteiger partial charge in [-0.25, -0.2) is 0 Å². The Bertz CT molecular complexity index is 385. The van der Waals surface area contributed by atoms with Gasteiger partial charge in [0.05, 0.1) is 12.2 Å². The minimum atomic E-state index is -0.850. The summed E-state index contributed by atoms with van der Waals surface area (Å²) in [5.74, 6) is 1.55. The molecule has 108 valence electrons. The van der Waals surface area contributed by atoms with Gasteiger partial charge >= 0.3 is 0 Å². The second-order valence-corrected chi connectivity index (χ2v) is 5.25. The van der Waals surface area contributed by atoms with Gasteiger partial charge in [0.1, 0.15) is 18.1 Å². The number of nitrogens with one attached hydrogen (secondary N) is 1. The van der Waals surface area contributed by atoms with Gasteiger partial charge in [0.2, 0.25) is 0 Å². The summed E-state index contributed by atoms with van der Waals surface area (Å²) in [6.45, 7) is 7.18. The van der Waals surface area contributed by atoms with E-state index in [0.717, 1.165) is 30.0 Å². The zero-order valence-corrected chi connectivity index (χ0v) is 12.3. The molecule has 1 aromatic rings. The summed E-state index contributed by atoms with van der Waals surface area (Å²) in [7, 11) is 1.89. The van der Waals surface area contributed by atoms with Gasteiger partial charge in [0, 0.05) is 18.2 Å². The van der Waals surface area contributed by atoms with Crippen molar-refractivity contribution in [1.29, 1.82) is 0 Å². The van der Waals surface area contributed by atoms with E-state index in [0.29, 0.717) is 6.61 Å². The van der Waals surface area contributed by atoms with Crippen molar-refractivity contribution in [3.63, 3.8) is 0 Å². The molecule has 4 heteroatoms. The molecule has 0 fully saturated rings. The first-order chi connectivity index (χ1) is 8.96. The second kappa shape index (κ2) is 7.36. The summed E-state index contributed by atoms with van der Waals surface area (Å²) in [6, 6.07) is 5.81. The van der Waals surface area contributed by atoms with Crippen LogP contribution in [-0.2, 0) is 6.54 Å². The van der Waals surface area contributed by atoms with Crippen molar-refractivity contribution < 1.29 is 14.6 Å². The summed E-state index contributed by atoms with van der Waals surface area (Å²) in [5.41, 5.74) is 0.201. The highest BCUT2D eigenvalue weighted by atomic mass is 16.5. The molecule has 0 unspecified atom stereocenters. The maximum absolute atomic E-state index is 9.74. The molecule has 0 saturated carbocycles. The second-order valence-electron chi connectivity index (χ2n) is 5.25. The van der Waals surface area contributed by atoms with Crippen LogP contribution in [0.5, 0.6) is 11.5 Å². The van der Waals surface area contributed by atoms with Gasteiger partial charge in [-0.2, -0.15) is 0 Å². The largest absolute Gasteiger partial charge is 0.493 e. The average molecular weight is 267 g/mol. The van der Waals surface area contributed by atoms with E-state index in [2.05, 4.69) is 12.2 Å². The Morgan fingerprint density at radius 1 is 1.26 bits per heavy atom. The summed E-state index contributed by atoms with van der Waals surface area (Å²) in [5, 5.41) is 12.8. The molecule has 0 atom stereocenters. The van der Waals surface area contributed by atoms with Crippen LogP contribution in [0.4, 0.5) is 0 Å². The summed E-state index contributed by atoms with van der Waals surface area (Å²) >= 11 is 0. The van der Waals surface area contributed by atoms with Crippen LogP contribution in [-0.4, -0.2) is 31.0 Å². The zero-order valence-electron chi connectivity index (χ0n) is 12.3. The quantitative estimate of drug-likeness (QED) is 0.759. The van der Waals surface area contributed by atoms with Gasteiger partial charge in [0.25, 0.3) is 0 Å². The Morgan fingerprint density at radius 2 is 2.00 bits per heavy atom. The smallest absolute Gasteiger partial charge is 0.127 e. The molecule has 0 heterocycles. The zero-order chi connectivity index (χ0) is 14.3. The molecular weight excluding hydrogens is 242 g/mol. The van der Waals surface area contributed by atoms with Crippen molar-refractivity contribution >= 4 is 0 Å². The van der Waals surface area contributed by atoms with Crippen LogP contribution < -0.4 is 14.8 Å². The highest BCUT2D eigenvalue weighted by Crippen LogP contribution is 2.26. The molecular formula is C15H25NO3. The van der Waals surface area contributed by atoms with Crippen molar-refractivity contribution in [1.82, 2.24) is 5.32 Å². The van der Waals surface area contributed by atoms with Gasteiger partial charge in [-0.1, -0.05) is 13.0 Å². The topological polar surface area (TPSA) is 50.7 Å². The predicted octanol–water partition coefficient (Wildman–Crippen LogP) is 2.34. The normalized spacial score (nSPS) is 11.4. The molecule has 4 nitrogen and oxygen atoms in total. The predicted molar refractivity (Wildman–Crippen MR) is 76.8 cm³/mol. The number of hydrogen-bond donors (Lipinski definition) is 2. The lowest BCUT2D eigenvalue weighted by atomic mass is 10.1. The maximum Gasteiger partial charge on any atom is 0.127 e. The van der Waals surface area contributed by atoms with Crippen molar-refractivity contribution in [2.75, 3.05) is 20.3 Å². The van der Waals surface area contributed by atoms with Crippen LogP contribution >= 0.6 is 0 Å². The van der Waals surface area contributed by atoms with Crippen molar-refractivity contribution in [2.45, 2.75) is 39.3 Å². The monoisotopic (exact) mass is 267 g/mol. The van der Waals surface area contributed by atoms with E-state index < -0.39 is 5.60 Å². The van der Waals surface area contributed by atoms with Gasteiger partial charge in [-0.3, -0.25) is 0 Å². The van der Waals surface area contributed by atoms with E-state index in [1.165, 1.54) is 0 Å². The molecule has 0 saturated heterocycles. The fraction of sp³-hybridized carbons (Fsp3) is 0.600. The molecule has 0 aliphatic carbocycles. The molecule has 0 spiro atoms. The number of ether oxygens (including phenoxy) is 2. The van der Waals surface area contributed by atoms with Crippen molar-refractivity contribution in [3.05, 3.63) is 23.8 Å². The molecule has 0 aliphatic rings. The van der Waals surface area contributed by atoms with Gasteiger partial charge in [-0.15, -0.1) is 0 Å². The van der Waals surface area contributed by atoms with E-state index in [1.54, 1.807) is 13.8 Å². The molecule has 0 radical (unpaired) electrons. The fourth-order valence-electron chi connectivity index (χ4n) is 1.57. The Labute approximate surface area is 115 Å². The first-order valence-corrected chi connectivity index (χ1v) is 6.72. The third-order valence-electron chi connectivity index (χ3n) is 2.46. The minimum Gasteiger partial charge on any atom is -0.493 e. The van der Waals surface area contributed by atoms with Crippen LogP contribution in [0, 0.1) is 0 Å². The Balaban J connectivity index is 2.82. The summed E-state index contributed by atoms with van der Waals surface area (Å²) in [6.07, 6.45) is 0.970. The first kappa shape index (κ1) is 15.8. The molecule has 1 aromatic carbocycles. The highest BCUT2D eigenvalue weighted by Gasteiger charge is 2.15. The van der Waals surface area contributed by atoms with Gasteiger partial charge < -0.3 is 19.9 Å². The van der Waals surface area contributed by atoms with Crippen LogP contribution in [0.2, 0.25) is 0 Å². The summed E-state index contributed by atoms with van der Waals surface area (Å²) < 4.78 is 11.3. The molecule has 1 rings (SSSR count). The molecule has 2 N–H and O–H groups in total. The lowest BCUT2D eigenvalue weighted by Gasteiger charge is -2.20. The number of hydrogen-bond acceptors (Lipinski definition) is 4. The lowest BCUT2D eigenvalue weighted by Crippen LogP contribution is -2.28. The van der Waals surface area contributed by atoms with E-state index in [-0.39, 0.29) is 6.61 Å². The Kier molecular flexibility index (Phi) is 6.12. The summed E-state index contributed by atoms with van der Waals surface area (Å²) in [4.78, 5) is 0. The van der Waals surface area contributed by atoms with Crippen molar-refractivity contribution in [2.24, 2.45) is 0 Å². The third-order valence-corrected chi connectivity index (χ3v) is 2.46. The highest BCUT2D eigenvalue weighted by molar-refractivity contribution is 5.40. The first-order valence-electron chi connectivity index (χ1n) is 6.72. The number of benzene rings is 1. The fourth-order valence-corrected chi connectivity index (χ4v) is 1.57. The third kappa shape index (κ3) is 5.94. The van der Waals surface area contributed by atoms with E-state index >= 15 is 0 Å². The van der Waals surface area contributed by atoms with Crippen LogP contribution in [0.25, 0.3) is 0 Å². The molecule has 0 aromatic heterocycles. The van der Waals surface area contributed by atoms with Gasteiger partial charge in [0.15, 0.2) is 0 Å². The van der Waals surface area contributed by atoms with Crippen LogP contribution in [0.15, 0.2) is 18.2 Å². The van der Waals surface area contributed by atoms with E-state index in [4.69, 9.17) is 9.47 Å².